The highest BCUT2D eigenvalue weighted by Gasteiger charge is 2.62. The molecule has 3 heteroatoms. The van der Waals surface area contributed by atoms with Gasteiger partial charge in [-0.1, -0.05) is 0 Å². The first-order chi connectivity index (χ1) is 6.47. The minimum absolute atomic E-state index is 0.0168. The summed E-state index contributed by atoms with van der Waals surface area (Å²) in [4.78, 5) is 0. The average molecular weight is 197 g/mol. The van der Waals surface area contributed by atoms with E-state index in [9.17, 15) is 10.2 Å². The predicted molar refractivity (Wildman–Crippen MR) is 52.9 cm³/mol. The molecule has 0 amide bonds. The maximum Gasteiger partial charge on any atom is 0.0695 e. The highest BCUT2D eigenvalue weighted by atomic mass is 16.3. The minimum atomic E-state index is -0.586. The van der Waals surface area contributed by atoms with Crippen LogP contribution in [0.4, 0.5) is 0 Å². The zero-order chi connectivity index (χ0) is 10.0. The molecular formula is C11H19NO2. The molecule has 0 heterocycles. The molecule has 4 aliphatic rings. The normalized spacial score (nSPS) is 60.6. The second-order valence-corrected chi connectivity index (χ2v) is 5.99. The van der Waals surface area contributed by atoms with Gasteiger partial charge in [0.2, 0.25) is 0 Å². The molecule has 4 rings (SSSR count). The molecule has 4 saturated carbocycles. The van der Waals surface area contributed by atoms with Crippen molar-refractivity contribution in [1.29, 1.82) is 0 Å². The van der Waals surface area contributed by atoms with Gasteiger partial charge >= 0.3 is 0 Å². The zero-order valence-electron chi connectivity index (χ0n) is 8.71. The molecule has 0 aliphatic heterocycles. The maximum atomic E-state index is 10.4. The van der Waals surface area contributed by atoms with Crippen LogP contribution >= 0.6 is 0 Å². The van der Waals surface area contributed by atoms with Gasteiger partial charge in [0.1, 0.15) is 0 Å². The van der Waals surface area contributed by atoms with Crippen LogP contribution in [-0.4, -0.2) is 34.0 Å². The summed E-state index contributed by atoms with van der Waals surface area (Å²) in [5, 5.41) is 24.1. The van der Waals surface area contributed by atoms with Gasteiger partial charge in [0, 0.05) is 12.0 Å². The SMILES string of the molecule is CNC12CC3CC(O)(CC(O)(C3)C1)C2. The van der Waals surface area contributed by atoms with E-state index in [1.807, 2.05) is 7.05 Å². The van der Waals surface area contributed by atoms with Gasteiger partial charge in [0.15, 0.2) is 0 Å². The predicted octanol–water partition coefficient (Wildman–Crippen LogP) is 0.404. The van der Waals surface area contributed by atoms with Crippen LogP contribution in [0.1, 0.15) is 38.5 Å². The van der Waals surface area contributed by atoms with Crippen LogP contribution in [-0.2, 0) is 0 Å². The standard InChI is InChI=1S/C11H19NO2/c1-12-9-2-8-3-10(13,5-9)7-11(14,4-8)6-9/h8,12-14H,2-7H2,1H3. The molecule has 4 bridgehead atoms. The van der Waals surface area contributed by atoms with Crippen molar-refractivity contribution < 1.29 is 10.2 Å². The summed E-state index contributed by atoms with van der Waals surface area (Å²) in [5.41, 5.74) is -1.16. The third kappa shape index (κ3) is 1.09. The Morgan fingerprint density at radius 2 is 1.57 bits per heavy atom. The fourth-order valence-electron chi connectivity index (χ4n) is 4.62. The number of hydrogen-bond acceptors (Lipinski definition) is 3. The van der Waals surface area contributed by atoms with E-state index in [0.717, 1.165) is 32.1 Å². The van der Waals surface area contributed by atoms with Gasteiger partial charge in [0.25, 0.3) is 0 Å². The monoisotopic (exact) mass is 197 g/mol. The molecule has 0 radical (unpaired) electrons. The summed E-state index contributed by atoms with van der Waals surface area (Å²) in [6.07, 6.45) is 5.19. The lowest BCUT2D eigenvalue weighted by molar-refractivity contribution is -0.210. The Kier molecular flexibility index (Phi) is 1.53. The summed E-state index contributed by atoms with van der Waals surface area (Å²) in [5.74, 6) is 0.522. The Morgan fingerprint density at radius 1 is 1.00 bits per heavy atom. The fraction of sp³-hybridized carbons (Fsp3) is 1.00. The molecule has 2 atom stereocenters. The zero-order valence-corrected chi connectivity index (χ0v) is 8.71. The van der Waals surface area contributed by atoms with Crippen molar-refractivity contribution in [2.75, 3.05) is 7.05 Å². The molecule has 4 fully saturated rings. The summed E-state index contributed by atoms with van der Waals surface area (Å²) in [6.45, 7) is 0. The Balaban J connectivity index is 2.01. The molecule has 2 unspecified atom stereocenters. The molecule has 3 N–H and O–H groups in total. The van der Waals surface area contributed by atoms with Crippen molar-refractivity contribution in [1.82, 2.24) is 5.32 Å². The lowest BCUT2D eigenvalue weighted by Gasteiger charge is -2.63. The molecule has 80 valence electrons. The van der Waals surface area contributed by atoms with E-state index in [-0.39, 0.29) is 5.54 Å². The van der Waals surface area contributed by atoms with Gasteiger partial charge in [-0.15, -0.1) is 0 Å². The first-order valence-corrected chi connectivity index (χ1v) is 5.60. The molecule has 4 aliphatic carbocycles. The van der Waals surface area contributed by atoms with Crippen LogP contribution in [0, 0.1) is 5.92 Å². The largest absolute Gasteiger partial charge is 0.390 e. The lowest BCUT2D eigenvalue weighted by atomic mass is 9.49. The number of rotatable bonds is 1. The third-order valence-corrected chi connectivity index (χ3v) is 4.54. The van der Waals surface area contributed by atoms with E-state index in [4.69, 9.17) is 0 Å². The molecule has 0 spiro atoms. The van der Waals surface area contributed by atoms with Crippen LogP contribution in [0.3, 0.4) is 0 Å². The maximum absolute atomic E-state index is 10.4. The van der Waals surface area contributed by atoms with Crippen molar-refractivity contribution in [2.24, 2.45) is 5.92 Å². The molecule has 0 saturated heterocycles. The topological polar surface area (TPSA) is 52.5 Å². The van der Waals surface area contributed by atoms with Crippen molar-refractivity contribution in [3.05, 3.63) is 0 Å². The van der Waals surface area contributed by atoms with Crippen LogP contribution in [0.2, 0.25) is 0 Å². The molecule has 3 nitrogen and oxygen atoms in total. The highest BCUT2D eigenvalue weighted by Crippen LogP contribution is 2.58. The smallest absolute Gasteiger partial charge is 0.0695 e. The molecular weight excluding hydrogens is 178 g/mol. The molecule has 0 aromatic rings. The first-order valence-electron chi connectivity index (χ1n) is 5.60. The Morgan fingerprint density at radius 3 is 2.00 bits per heavy atom. The van der Waals surface area contributed by atoms with E-state index in [1.165, 1.54) is 0 Å². The first kappa shape index (κ1) is 9.13. The van der Waals surface area contributed by atoms with E-state index in [1.54, 1.807) is 0 Å². The van der Waals surface area contributed by atoms with E-state index >= 15 is 0 Å². The van der Waals surface area contributed by atoms with E-state index < -0.39 is 11.2 Å². The van der Waals surface area contributed by atoms with Crippen LogP contribution in [0.5, 0.6) is 0 Å². The number of nitrogens with one attached hydrogen (secondary N) is 1. The van der Waals surface area contributed by atoms with Crippen molar-refractivity contribution in [3.8, 4) is 0 Å². The molecule has 14 heavy (non-hydrogen) atoms. The Hall–Kier alpha value is -0.120. The minimum Gasteiger partial charge on any atom is -0.390 e. The lowest BCUT2D eigenvalue weighted by Crippen LogP contribution is -2.69. The van der Waals surface area contributed by atoms with Crippen LogP contribution in [0.15, 0.2) is 0 Å². The van der Waals surface area contributed by atoms with Gasteiger partial charge in [-0.25, -0.2) is 0 Å². The summed E-state index contributed by atoms with van der Waals surface area (Å²) < 4.78 is 0. The average Bonchev–Trinajstić information content (AvgIpc) is 1.97. The number of aliphatic hydroxyl groups is 2. The third-order valence-electron chi connectivity index (χ3n) is 4.54. The van der Waals surface area contributed by atoms with E-state index in [2.05, 4.69) is 5.32 Å². The van der Waals surface area contributed by atoms with Gasteiger partial charge in [-0.05, 0) is 45.1 Å². The van der Waals surface area contributed by atoms with E-state index in [0.29, 0.717) is 12.3 Å². The molecule has 0 aromatic carbocycles. The van der Waals surface area contributed by atoms with Gasteiger partial charge in [0.05, 0.1) is 11.2 Å². The van der Waals surface area contributed by atoms with Crippen LogP contribution in [0.25, 0.3) is 0 Å². The fourth-order valence-corrected chi connectivity index (χ4v) is 4.62. The quantitative estimate of drug-likeness (QED) is 0.570. The van der Waals surface area contributed by atoms with Gasteiger partial charge < -0.3 is 15.5 Å². The molecule has 0 aromatic heterocycles. The Labute approximate surface area is 84.5 Å². The summed E-state index contributed by atoms with van der Waals surface area (Å²) in [7, 11) is 1.96. The van der Waals surface area contributed by atoms with Crippen molar-refractivity contribution in [3.63, 3.8) is 0 Å². The van der Waals surface area contributed by atoms with Crippen molar-refractivity contribution in [2.45, 2.75) is 55.3 Å². The number of hydrogen-bond donors (Lipinski definition) is 3. The van der Waals surface area contributed by atoms with Crippen LogP contribution < -0.4 is 5.32 Å². The highest BCUT2D eigenvalue weighted by molar-refractivity contribution is 5.17. The second-order valence-electron chi connectivity index (χ2n) is 5.99. The van der Waals surface area contributed by atoms with Gasteiger partial charge in [-0.3, -0.25) is 0 Å². The summed E-state index contributed by atoms with van der Waals surface area (Å²) >= 11 is 0. The van der Waals surface area contributed by atoms with Gasteiger partial charge in [-0.2, -0.15) is 0 Å². The second kappa shape index (κ2) is 2.34. The Bertz CT molecular complexity index is 260. The van der Waals surface area contributed by atoms with Crippen molar-refractivity contribution >= 4 is 0 Å². The summed E-state index contributed by atoms with van der Waals surface area (Å²) in [6, 6.07) is 0.